The van der Waals surface area contributed by atoms with Crippen LogP contribution >= 0.6 is 11.9 Å². The second-order valence-corrected chi connectivity index (χ2v) is 7.44. The smallest absolute Gasteiger partial charge is 0.227 e. The number of nitrogens with one attached hydrogen (secondary N) is 2. The first-order valence-corrected chi connectivity index (χ1v) is 10.7. The highest BCUT2D eigenvalue weighted by atomic mass is 32.2. The maximum atomic E-state index is 5.58. The summed E-state index contributed by atoms with van der Waals surface area (Å²) in [5.41, 5.74) is 2.20. The van der Waals surface area contributed by atoms with Crippen molar-refractivity contribution in [3.63, 3.8) is 0 Å². The molecule has 2 N–H and O–H groups in total. The summed E-state index contributed by atoms with van der Waals surface area (Å²) in [6, 6.07) is 11.1. The van der Waals surface area contributed by atoms with E-state index in [1.807, 2.05) is 43.3 Å². The first kappa shape index (κ1) is 21.6. The van der Waals surface area contributed by atoms with Crippen LogP contribution in [0.4, 0.5) is 17.5 Å². The molecular formula is C22H23N5O4S. The molecule has 0 radical (unpaired) electrons. The third-order valence-corrected chi connectivity index (χ3v) is 5.65. The van der Waals surface area contributed by atoms with Gasteiger partial charge in [0.2, 0.25) is 5.95 Å². The van der Waals surface area contributed by atoms with Gasteiger partial charge in [-0.25, -0.2) is 9.97 Å². The molecule has 32 heavy (non-hydrogen) atoms. The number of aryl methyl sites for hydroxylation is 1. The molecule has 2 aromatic heterocycles. The van der Waals surface area contributed by atoms with Crippen LogP contribution in [0, 0.1) is 0 Å². The van der Waals surface area contributed by atoms with Crippen LogP contribution in [0.1, 0.15) is 12.6 Å². The molecule has 166 valence electrons. The van der Waals surface area contributed by atoms with E-state index in [1.54, 1.807) is 27.5 Å². The Morgan fingerprint density at radius 1 is 1.00 bits per heavy atom. The van der Waals surface area contributed by atoms with E-state index in [0.717, 1.165) is 22.4 Å². The van der Waals surface area contributed by atoms with Crippen LogP contribution in [-0.2, 0) is 6.42 Å². The van der Waals surface area contributed by atoms with Gasteiger partial charge in [-0.2, -0.15) is 0 Å². The summed E-state index contributed by atoms with van der Waals surface area (Å²) in [5.74, 6) is 3.01. The normalized spacial score (nSPS) is 10.8. The van der Waals surface area contributed by atoms with Crippen molar-refractivity contribution in [1.29, 1.82) is 0 Å². The number of nitrogens with zero attached hydrogens (tertiary/aromatic N) is 3. The van der Waals surface area contributed by atoms with Gasteiger partial charge in [-0.05, 0) is 42.6 Å². The topological polar surface area (TPSA) is 104 Å². The third kappa shape index (κ3) is 4.35. The molecule has 0 spiro atoms. The fourth-order valence-electron chi connectivity index (χ4n) is 3.10. The number of hydrogen-bond acceptors (Lipinski definition) is 10. The van der Waals surface area contributed by atoms with Gasteiger partial charge in [0, 0.05) is 18.0 Å². The van der Waals surface area contributed by atoms with E-state index in [-0.39, 0.29) is 0 Å². The van der Waals surface area contributed by atoms with E-state index in [4.69, 9.17) is 18.7 Å². The van der Waals surface area contributed by atoms with Crippen LogP contribution in [0.3, 0.4) is 0 Å². The molecule has 4 aromatic rings. The van der Waals surface area contributed by atoms with Gasteiger partial charge in [0.05, 0.1) is 32.4 Å². The molecule has 0 bridgehead atoms. The summed E-state index contributed by atoms with van der Waals surface area (Å²) < 4.78 is 25.2. The molecule has 0 atom stereocenters. The number of aromatic nitrogens is 3. The first-order valence-electron chi connectivity index (χ1n) is 9.87. The van der Waals surface area contributed by atoms with Crippen LogP contribution in [0.25, 0.3) is 11.0 Å². The van der Waals surface area contributed by atoms with Crippen molar-refractivity contribution in [2.45, 2.75) is 18.2 Å². The lowest BCUT2D eigenvalue weighted by molar-refractivity contribution is 0.376. The lowest BCUT2D eigenvalue weighted by atomic mass is 10.2. The van der Waals surface area contributed by atoms with E-state index in [0.29, 0.717) is 40.3 Å². The van der Waals surface area contributed by atoms with E-state index >= 15 is 0 Å². The lowest BCUT2D eigenvalue weighted by Crippen LogP contribution is -2.01. The zero-order valence-electron chi connectivity index (χ0n) is 18.1. The fraction of sp³-hybridized carbons (Fsp3) is 0.227. The van der Waals surface area contributed by atoms with Crippen LogP contribution in [0.2, 0.25) is 0 Å². The van der Waals surface area contributed by atoms with Crippen molar-refractivity contribution in [2.75, 3.05) is 31.4 Å². The molecule has 0 saturated carbocycles. The Hall–Kier alpha value is -3.66. The van der Waals surface area contributed by atoms with E-state index in [1.165, 1.54) is 11.9 Å². The fourth-order valence-corrected chi connectivity index (χ4v) is 3.95. The summed E-state index contributed by atoms with van der Waals surface area (Å²) >= 11 is 1.32. The van der Waals surface area contributed by atoms with E-state index in [2.05, 4.69) is 25.2 Å². The van der Waals surface area contributed by atoms with Gasteiger partial charge in [-0.3, -0.25) is 0 Å². The van der Waals surface area contributed by atoms with Crippen molar-refractivity contribution in [2.24, 2.45) is 0 Å². The van der Waals surface area contributed by atoms with E-state index < -0.39 is 0 Å². The molecule has 0 aliphatic rings. The standard InChI is InChI=1S/C22H23N5O4S/c1-5-13-9-10-23-22(24-13)25-15-12-18-14(11-19(15)30-4)21(26-31-18)27-32-20-16(28-2)7-6-8-17(20)29-3/h6-12H,5H2,1-4H3,(H,26,27)(H,23,24,25). The minimum Gasteiger partial charge on any atom is -0.495 e. The molecule has 4 rings (SSSR count). The van der Waals surface area contributed by atoms with E-state index in [9.17, 15) is 0 Å². The van der Waals surface area contributed by atoms with Gasteiger partial charge >= 0.3 is 0 Å². The summed E-state index contributed by atoms with van der Waals surface area (Å²) in [7, 11) is 4.83. The molecule has 0 aliphatic heterocycles. The second kappa shape index (κ2) is 9.65. The van der Waals surface area contributed by atoms with Crippen molar-refractivity contribution in [3.05, 3.63) is 48.3 Å². The predicted molar refractivity (Wildman–Crippen MR) is 124 cm³/mol. The van der Waals surface area contributed by atoms with Crippen molar-refractivity contribution in [3.8, 4) is 17.2 Å². The van der Waals surface area contributed by atoms with Crippen molar-refractivity contribution >= 4 is 40.4 Å². The Morgan fingerprint density at radius 3 is 2.44 bits per heavy atom. The predicted octanol–water partition coefficient (Wildman–Crippen LogP) is 5.07. The molecule has 0 fully saturated rings. The highest BCUT2D eigenvalue weighted by Crippen LogP contribution is 2.40. The zero-order chi connectivity index (χ0) is 22.5. The number of fused-ring (bicyclic) bond motifs is 1. The molecular weight excluding hydrogens is 430 g/mol. The Bertz CT molecular complexity index is 1210. The van der Waals surface area contributed by atoms with Crippen LogP contribution in [-0.4, -0.2) is 36.5 Å². The molecule has 10 heteroatoms. The Kier molecular flexibility index (Phi) is 6.50. The average molecular weight is 454 g/mol. The minimum absolute atomic E-state index is 0.485. The Labute approximate surface area is 189 Å². The molecule has 0 amide bonds. The van der Waals surface area contributed by atoms with Crippen LogP contribution in [0.15, 0.2) is 52.0 Å². The summed E-state index contributed by atoms with van der Waals surface area (Å²) in [6.45, 7) is 2.04. The highest BCUT2D eigenvalue weighted by Gasteiger charge is 2.17. The van der Waals surface area contributed by atoms with Crippen LogP contribution in [0.5, 0.6) is 17.2 Å². The number of anilines is 3. The number of methoxy groups -OCH3 is 3. The summed E-state index contributed by atoms with van der Waals surface area (Å²) in [5, 5.41) is 8.12. The molecule has 2 aromatic carbocycles. The summed E-state index contributed by atoms with van der Waals surface area (Å²) in [4.78, 5) is 9.55. The van der Waals surface area contributed by atoms with Crippen molar-refractivity contribution < 1.29 is 18.7 Å². The first-order chi connectivity index (χ1) is 15.7. The van der Waals surface area contributed by atoms with Gasteiger partial charge in [0.15, 0.2) is 11.4 Å². The number of benzene rings is 2. The molecule has 0 aliphatic carbocycles. The molecule has 0 saturated heterocycles. The lowest BCUT2D eigenvalue weighted by Gasteiger charge is -2.12. The minimum atomic E-state index is 0.485. The quantitative estimate of drug-likeness (QED) is 0.334. The highest BCUT2D eigenvalue weighted by molar-refractivity contribution is 8.00. The molecule has 0 unspecified atom stereocenters. The van der Waals surface area contributed by atoms with Crippen LogP contribution < -0.4 is 24.2 Å². The number of ether oxygens (including phenoxy) is 3. The average Bonchev–Trinajstić information content (AvgIpc) is 3.23. The van der Waals surface area contributed by atoms with Gasteiger partial charge in [-0.1, -0.05) is 18.1 Å². The monoisotopic (exact) mass is 453 g/mol. The second-order valence-electron chi connectivity index (χ2n) is 6.63. The zero-order valence-corrected chi connectivity index (χ0v) is 18.9. The number of hydrogen-bond donors (Lipinski definition) is 2. The van der Waals surface area contributed by atoms with Gasteiger partial charge in [0.1, 0.15) is 22.1 Å². The maximum absolute atomic E-state index is 5.58. The maximum Gasteiger partial charge on any atom is 0.227 e. The third-order valence-electron chi connectivity index (χ3n) is 4.75. The summed E-state index contributed by atoms with van der Waals surface area (Å²) in [6.07, 6.45) is 2.54. The molecule has 9 nitrogen and oxygen atoms in total. The Balaban J connectivity index is 1.62. The number of rotatable bonds is 9. The Morgan fingerprint density at radius 2 is 1.75 bits per heavy atom. The molecule has 2 heterocycles. The van der Waals surface area contributed by atoms with Gasteiger partial charge in [-0.15, -0.1) is 0 Å². The SMILES string of the molecule is CCc1ccnc(Nc2cc3onc(NSc4c(OC)cccc4OC)c3cc2OC)n1. The van der Waals surface area contributed by atoms with Gasteiger partial charge in [0.25, 0.3) is 0 Å². The largest absolute Gasteiger partial charge is 0.495 e. The van der Waals surface area contributed by atoms with Crippen molar-refractivity contribution in [1.82, 2.24) is 15.1 Å². The van der Waals surface area contributed by atoms with Gasteiger partial charge < -0.3 is 28.8 Å².